The van der Waals surface area contributed by atoms with E-state index in [1.165, 1.54) is 17.0 Å². The number of sulfonamides is 1. The Morgan fingerprint density at radius 2 is 1.47 bits per heavy atom. The van der Waals surface area contributed by atoms with Crippen LogP contribution in [0.25, 0.3) is 0 Å². The molecular formula is C33H39Cl2N3O4S. The summed E-state index contributed by atoms with van der Waals surface area (Å²) in [7, 11) is -4.14. The monoisotopic (exact) mass is 643 g/mol. The van der Waals surface area contributed by atoms with E-state index in [1.54, 1.807) is 55.5 Å². The van der Waals surface area contributed by atoms with Gasteiger partial charge in [0.2, 0.25) is 11.8 Å². The van der Waals surface area contributed by atoms with E-state index >= 15 is 0 Å². The van der Waals surface area contributed by atoms with Gasteiger partial charge in [0.1, 0.15) is 12.6 Å². The second-order valence-electron chi connectivity index (χ2n) is 11.3. The first-order chi connectivity index (χ1) is 20.5. The molecule has 0 bridgehead atoms. The van der Waals surface area contributed by atoms with Gasteiger partial charge in [-0.1, -0.05) is 92.7 Å². The first-order valence-corrected chi connectivity index (χ1v) is 16.9. The number of hydrogen-bond donors (Lipinski definition) is 1. The molecule has 3 aromatic carbocycles. The highest BCUT2D eigenvalue weighted by atomic mass is 35.5. The molecule has 0 spiro atoms. The second-order valence-corrected chi connectivity index (χ2v) is 14.0. The Kier molecular flexibility index (Phi) is 11.2. The second kappa shape index (κ2) is 14.6. The zero-order chi connectivity index (χ0) is 31.1. The van der Waals surface area contributed by atoms with Crippen LogP contribution in [0.5, 0.6) is 0 Å². The summed E-state index contributed by atoms with van der Waals surface area (Å²) in [4.78, 5) is 29.1. The van der Waals surface area contributed by atoms with Crippen LogP contribution in [0.3, 0.4) is 0 Å². The zero-order valence-electron chi connectivity index (χ0n) is 24.8. The van der Waals surface area contributed by atoms with Gasteiger partial charge in [-0.05, 0) is 67.6 Å². The van der Waals surface area contributed by atoms with Crippen LogP contribution in [-0.4, -0.2) is 43.8 Å². The van der Waals surface area contributed by atoms with Crippen molar-refractivity contribution in [3.63, 3.8) is 0 Å². The number of amides is 2. The van der Waals surface area contributed by atoms with Crippen LogP contribution in [0.15, 0.2) is 77.7 Å². The molecule has 0 saturated heterocycles. The van der Waals surface area contributed by atoms with E-state index in [2.05, 4.69) is 19.2 Å². The molecule has 1 N–H and O–H groups in total. The third kappa shape index (κ3) is 8.11. The summed E-state index contributed by atoms with van der Waals surface area (Å²) in [5.74, 6) is -0.619. The first-order valence-electron chi connectivity index (χ1n) is 14.7. The van der Waals surface area contributed by atoms with Gasteiger partial charge in [-0.2, -0.15) is 0 Å². The van der Waals surface area contributed by atoms with Gasteiger partial charge in [0, 0.05) is 28.2 Å². The molecule has 0 aliphatic heterocycles. The fourth-order valence-corrected chi connectivity index (χ4v) is 7.23. The van der Waals surface area contributed by atoms with Crippen LogP contribution >= 0.6 is 23.2 Å². The fourth-order valence-electron chi connectivity index (χ4n) is 5.28. The highest BCUT2D eigenvalue weighted by Gasteiger charge is 2.33. The number of hydrogen-bond acceptors (Lipinski definition) is 4. The van der Waals surface area contributed by atoms with E-state index in [9.17, 15) is 18.0 Å². The lowest BCUT2D eigenvalue weighted by molar-refractivity contribution is -0.139. The molecule has 0 aromatic heterocycles. The molecule has 1 unspecified atom stereocenters. The minimum atomic E-state index is -4.14. The van der Waals surface area contributed by atoms with Crippen LogP contribution in [0, 0.1) is 0 Å². The third-order valence-electron chi connectivity index (χ3n) is 7.97. The van der Waals surface area contributed by atoms with Gasteiger partial charge in [0.25, 0.3) is 10.0 Å². The van der Waals surface area contributed by atoms with Crippen LogP contribution < -0.4 is 9.62 Å². The standard InChI is InChI=1S/C33H39Cl2N3O4S/c1-23(2)25-17-19-27(20-18-25)38(43(41,42)28-13-8-5-9-14-28)22-32(39)37(21-29-30(34)15-10-16-31(29)35)24(3)33(40)36-26-11-6-4-7-12-26/h5,8-10,13-20,23-24,26H,4,6-7,11-12,21-22H2,1-3H3,(H,36,40). The van der Waals surface area contributed by atoms with Gasteiger partial charge in [-0.3, -0.25) is 13.9 Å². The molecule has 2 amide bonds. The van der Waals surface area contributed by atoms with E-state index in [4.69, 9.17) is 23.2 Å². The van der Waals surface area contributed by atoms with Crippen molar-refractivity contribution in [2.45, 2.75) is 82.3 Å². The predicted octanol–water partition coefficient (Wildman–Crippen LogP) is 7.18. The molecule has 0 radical (unpaired) electrons. The molecule has 43 heavy (non-hydrogen) atoms. The average Bonchev–Trinajstić information content (AvgIpc) is 3.00. The largest absolute Gasteiger partial charge is 0.352 e. The van der Waals surface area contributed by atoms with Crippen molar-refractivity contribution in [2.24, 2.45) is 0 Å². The van der Waals surface area contributed by atoms with Gasteiger partial charge in [-0.25, -0.2) is 8.42 Å². The maximum absolute atomic E-state index is 14.2. The molecule has 230 valence electrons. The average molecular weight is 645 g/mol. The Hall–Kier alpha value is -3.07. The number of nitrogens with zero attached hydrogens (tertiary/aromatic N) is 2. The molecule has 1 aliphatic rings. The fraction of sp³-hybridized carbons (Fsp3) is 0.394. The summed E-state index contributed by atoms with van der Waals surface area (Å²) >= 11 is 13.0. The Labute approximate surface area is 265 Å². The summed E-state index contributed by atoms with van der Waals surface area (Å²) in [5.41, 5.74) is 1.86. The number of anilines is 1. The minimum absolute atomic E-state index is 0.0407. The van der Waals surface area contributed by atoms with Crippen molar-refractivity contribution >= 4 is 50.7 Å². The number of nitrogens with one attached hydrogen (secondary N) is 1. The van der Waals surface area contributed by atoms with E-state index in [-0.39, 0.29) is 29.3 Å². The van der Waals surface area contributed by atoms with Crippen molar-refractivity contribution in [3.8, 4) is 0 Å². The molecule has 0 heterocycles. The lowest BCUT2D eigenvalue weighted by atomic mass is 9.95. The van der Waals surface area contributed by atoms with Crippen LogP contribution in [-0.2, 0) is 26.2 Å². The number of benzene rings is 3. The third-order valence-corrected chi connectivity index (χ3v) is 10.5. The Balaban J connectivity index is 1.71. The highest BCUT2D eigenvalue weighted by molar-refractivity contribution is 7.92. The number of carbonyl (C=O) groups excluding carboxylic acids is 2. The van der Waals surface area contributed by atoms with Gasteiger partial charge in [0.15, 0.2) is 0 Å². The van der Waals surface area contributed by atoms with Crippen molar-refractivity contribution in [1.82, 2.24) is 10.2 Å². The molecule has 7 nitrogen and oxygen atoms in total. The van der Waals surface area contributed by atoms with Crippen molar-refractivity contribution in [2.75, 3.05) is 10.8 Å². The zero-order valence-corrected chi connectivity index (χ0v) is 27.1. The molecule has 1 atom stereocenters. The van der Waals surface area contributed by atoms with Gasteiger partial charge in [0.05, 0.1) is 10.6 Å². The molecule has 1 aliphatic carbocycles. The van der Waals surface area contributed by atoms with Crippen molar-refractivity contribution in [3.05, 3.63) is 94.0 Å². The topological polar surface area (TPSA) is 86.8 Å². The normalized spacial score (nSPS) is 14.7. The lowest BCUT2D eigenvalue weighted by Crippen LogP contribution is -2.53. The molecule has 3 aromatic rings. The number of halogens is 2. The maximum atomic E-state index is 14.2. The first kappa shape index (κ1) is 32.8. The minimum Gasteiger partial charge on any atom is -0.352 e. The Morgan fingerprint density at radius 1 is 0.860 bits per heavy atom. The molecule has 1 saturated carbocycles. The summed E-state index contributed by atoms with van der Waals surface area (Å²) in [6, 6.07) is 19.3. The van der Waals surface area contributed by atoms with E-state index in [0.717, 1.165) is 42.0 Å². The van der Waals surface area contributed by atoms with Crippen molar-refractivity contribution < 1.29 is 18.0 Å². The summed E-state index contributed by atoms with van der Waals surface area (Å²) in [6.07, 6.45) is 5.00. The quantitative estimate of drug-likeness (QED) is 0.240. The van der Waals surface area contributed by atoms with Crippen LogP contribution in [0.1, 0.15) is 69.9 Å². The van der Waals surface area contributed by atoms with Gasteiger partial charge >= 0.3 is 0 Å². The summed E-state index contributed by atoms with van der Waals surface area (Å²) in [6.45, 7) is 5.15. The van der Waals surface area contributed by atoms with Crippen molar-refractivity contribution in [1.29, 1.82) is 0 Å². The predicted molar refractivity (Wildman–Crippen MR) is 173 cm³/mol. The molecule has 10 heteroatoms. The lowest BCUT2D eigenvalue weighted by Gasteiger charge is -2.33. The SMILES string of the molecule is CC(C)c1ccc(N(CC(=O)N(Cc2c(Cl)cccc2Cl)C(C)C(=O)NC2CCCCC2)S(=O)(=O)c2ccccc2)cc1. The Morgan fingerprint density at radius 3 is 2.05 bits per heavy atom. The smallest absolute Gasteiger partial charge is 0.264 e. The van der Waals surface area contributed by atoms with Crippen LogP contribution in [0.4, 0.5) is 5.69 Å². The summed E-state index contributed by atoms with van der Waals surface area (Å²) in [5, 5.41) is 3.80. The Bertz CT molecular complexity index is 1490. The highest BCUT2D eigenvalue weighted by Crippen LogP contribution is 2.29. The maximum Gasteiger partial charge on any atom is 0.264 e. The van der Waals surface area contributed by atoms with E-state index in [1.807, 2.05) is 12.1 Å². The number of rotatable bonds is 11. The molecular weight excluding hydrogens is 605 g/mol. The summed E-state index contributed by atoms with van der Waals surface area (Å²) < 4.78 is 29.1. The van der Waals surface area contributed by atoms with Gasteiger partial charge < -0.3 is 10.2 Å². The molecule has 1 fully saturated rings. The van der Waals surface area contributed by atoms with Gasteiger partial charge in [-0.15, -0.1) is 0 Å². The van der Waals surface area contributed by atoms with Crippen LogP contribution in [0.2, 0.25) is 10.0 Å². The molecule has 4 rings (SSSR count). The number of carbonyl (C=O) groups is 2. The van der Waals surface area contributed by atoms with E-state index < -0.39 is 28.5 Å². The van der Waals surface area contributed by atoms with E-state index in [0.29, 0.717) is 21.3 Å².